The van der Waals surface area contributed by atoms with Crippen molar-refractivity contribution < 1.29 is 19.7 Å². The highest BCUT2D eigenvalue weighted by Crippen LogP contribution is 2.33. The van der Waals surface area contributed by atoms with Crippen molar-refractivity contribution >= 4 is 17.0 Å². The number of nitrogens with zero attached hydrogens (tertiary/aromatic N) is 3. The number of ether oxygens (including phenoxy) is 1. The van der Waals surface area contributed by atoms with Crippen molar-refractivity contribution in [3.8, 4) is 11.4 Å². The number of fused-ring (bicyclic) bond motifs is 1. The summed E-state index contributed by atoms with van der Waals surface area (Å²) < 4.78 is 9.38. The molecule has 2 atom stereocenters. The Morgan fingerprint density at radius 1 is 1.30 bits per heavy atom. The highest BCUT2D eigenvalue weighted by molar-refractivity contribution is 5.81. The number of aliphatic hydroxyl groups excluding tert-OH is 1. The van der Waals surface area contributed by atoms with Gasteiger partial charge < -0.3 is 24.1 Å². The summed E-state index contributed by atoms with van der Waals surface area (Å²) in [5, 5.41) is 22.0. The topological polar surface area (TPSA) is 119 Å². The number of carboxylic acid groups (broad SMARTS) is 1. The van der Waals surface area contributed by atoms with Gasteiger partial charge in [-0.1, -0.05) is 6.07 Å². The fourth-order valence-corrected chi connectivity index (χ4v) is 4.46. The Morgan fingerprint density at radius 2 is 2.03 bits per heavy atom. The van der Waals surface area contributed by atoms with E-state index in [-0.39, 0.29) is 11.6 Å². The highest BCUT2D eigenvalue weighted by Gasteiger charge is 2.25. The van der Waals surface area contributed by atoms with Crippen LogP contribution in [0.1, 0.15) is 36.9 Å². The molecule has 0 radical (unpaired) electrons. The van der Waals surface area contributed by atoms with E-state index in [9.17, 15) is 19.8 Å². The number of pyridine rings is 1. The van der Waals surface area contributed by atoms with Crippen LogP contribution in [-0.2, 0) is 23.1 Å². The molecule has 1 unspecified atom stereocenters. The van der Waals surface area contributed by atoms with Crippen LogP contribution in [0, 0.1) is 6.92 Å². The van der Waals surface area contributed by atoms with Crippen LogP contribution in [0.2, 0.25) is 0 Å². The fourth-order valence-electron chi connectivity index (χ4n) is 4.46. The first-order valence-corrected chi connectivity index (χ1v) is 11.2. The van der Waals surface area contributed by atoms with Crippen molar-refractivity contribution in [3.63, 3.8) is 0 Å². The molecule has 176 valence electrons. The monoisotopic (exact) mass is 454 g/mol. The van der Waals surface area contributed by atoms with Crippen LogP contribution >= 0.6 is 0 Å². The summed E-state index contributed by atoms with van der Waals surface area (Å²) in [4.78, 5) is 28.5. The summed E-state index contributed by atoms with van der Waals surface area (Å²) in [6.07, 6.45) is 2.51. The van der Waals surface area contributed by atoms with E-state index < -0.39 is 18.1 Å². The molecule has 1 saturated heterocycles. The number of imidazole rings is 1. The number of aliphatic carboxylic acids is 1. The van der Waals surface area contributed by atoms with Gasteiger partial charge in [-0.05, 0) is 50.5 Å². The van der Waals surface area contributed by atoms with Gasteiger partial charge >= 0.3 is 5.97 Å². The summed E-state index contributed by atoms with van der Waals surface area (Å²) in [5.41, 5.74) is 4.17. The maximum Gasteiger partial charge on any atom is 0.323 e. The Hall–Kier alpha value is -3.01. The van der Waals surface area contributed by atoms with Gasteiger partial charge in [0.2, 0.25) is 0 Å². The first-order valence-electron chi connectivity index (χ1n) is 11.2. The normalized spacial score (nSPS) is 16.7. The van der Waals surface area contributed by atoms with Gasteiger partial charge in [0.1, 0.15) is 11.9 Å². The number of aliphatic hydroxyl groups is 1. The Morgan fingerprint density at radius 3 is 2.67 bits per heavy atom. The van der Waals surface area contributed by atoms with E-state index in [4.69, 9.17) is 9.72 Å². The van der Waals surface area contributed by atoms with E-state index in [1.54, 1.807) is 18.5 Å². The van der Waals surface area contributed by atoms with Gasteiger partial charge in [-0.2, -0.15) is 0 Å². The molecule has 9 nitrogen and oxygen atoms in total. The van der Waals surface area contributed by atoms with Crippen LogP contribution in [0.4, 0.5) is 0 Å². The molecule has 0 amide bonds. The van der Waals surface area contributed by atoms with Crippen molar-refractivity contribution in [2.45, 2.75) is 51.4 Å². The predicted octanol–water partition coefficient (Wildman–Crippen LogP) is 1.99. The minimum atomic E-state index is -1.09. The molecule has 1 aliphatic rings. The van der Waals surface area contributed by atoms with E-state index in [1.807, 2.05) is 30.5 Å². The molecule has 1 aromatic carbocycles. The molecule has 3 aromatic rings. The zero-order valence-electron chi connectivity index (χ0n) is 19.1. The largest absolute Gasteiger partial charge is 0.480 e. The zero-order valence-corrected chi connectivity index (χ0v) is 19.1. The van der Waals surface area contributed by atoms with Crippen molar-refractivity contribution in [3.05, 3.63) is 51.9 Å². The fraction of sp³-hybridized carbons (Fsp3) is 0.458. The number of carbonyl (C=O) groups is 1. The van der Waals surface area contributed by atoms with E-state index in [2.05, 4.69) is 9.88 Å². The average molecular weight is 455 g/mol. The van der Waals surface area contributed by atoms with Crippen LogP contribution in [0.25, 0.3) is 22.4 Å². The molecule has 2 aromatic heterocycles. The maximum absolute atomic E-state index is 12.2. The first-order chi connectivity index (χ1) is 15.8. The second kappa shape index (κ2) is 9.46. The van der Waals surface area contributed by atoms with Gasteiger partial charge in [-0.25, -0.2) is 4.98 Å². The van der Waals surface area contributed by atoms with E-state index in [0.29, 0.717) is 25.3 Å². The smallest absolute Gasteiger partial charge is 0.323 e. The third kappa shape index (κ3) is 4.71. The Kier molecular flexibility index (Phi) is 6.64. The number of aryl methyl sites for hydroxylation is 2. The Balaban J connectivity index is 1.79. The summed E-state index contributed by atoms with van der Waals surface area (Å²) in [6, 6.07) is 6.88. The highest BCUT2D eigenvalue weighted by atomic mass is 16.5. The molecule has 0 spiro atoms. The lowest BCUT2D eigenvalue weighted by Gasteiger charge is -2.26. The van der Waals surface area contributed by atoms with Gasteiger partial charge in [-0.3, -0.25) is 14.9 Å². The van der Waals surface area contributed by atoms with E-state index >= 15 is 0 Å². The van der Waals surface area contributed by atoms with Gasteiger partial charge in [0.15, 0.2) is 0 Å². The molecule has 0 saturated carbocycles. The van der Waals surface area contributed by atoms with Crippen molar-refractivity contribution in [2.24, 2.45) is 7.05 Å². The molecule has 1 fully saturated rings. The van der Waals surface area contributed by atoms with Gasteiger partial charge in [0, 0.05) is 50.2 Å². The number of benzene rings is 1. The second-order valence-electron chi connectivity index (χ2n) is 8.74. The summed E-state index contributed by atoms with van der Waals surface area (Å²) in [5.74, 6) is -0.293. The minimum absolute atomic E-state index is 0.0352. The number of nitrogens with one attached hydrogen (secondary N) is 1. The molecule has 1 aliphatic heterocycles. The van der Waals surface area contributed by atoms with Crippen LogP contribution < -0.4 is 10.9 Å². The predicted molar refractivity (Wildman–Crippen MR) is 124 cm³/mol. The second-order valence-corrected chi connectivity index (χ2v) is 8.74. The van der Waals surface area contributed by atoms with Crippen LogP contribution in [-0.4, -0.2) is 55.7 Å². The van der Waals surface area contributed by atoms with Crippen molar-refractivity contribution in [1.82, 2.24) is 19.4 Å². The molecular formula is C24H30N4O5. The average Bonchev–Trinajstić information content (AvgIpc) is 3.16. The number of aromatic nitrogens is 3. The van der Waals surface area contributed by atoms with Gasteiger partial charge in [0.05, 0.1) is 17.1 Å². The zero-order chi connectivity index (χ0) is 23.7. The quantitative estimate of drug-likeness (QED) is 0.500. The summed E-state index contributed by atoms with van der Waals surface area (Å²) in [6.45, 7) is 4.90. The standard InChI is InChI=1S/C24H30N4O5/c1-14-10-17(13-27(3)23(14)30)22-26-19-5-4-16(12-25-21(15(2)29)24(31)32)11-20(19)28(22)18-6-8-33-9-7-18/h4-5,10-11,13,15,18,21,25,29H,6-9,12H2,1-3H3,(H,31,32)/t15?,21-/m0/s1. The Labute approximate surface area is 191 Å². The van der Waals surface area contributed by atoms with Crippen LogP contribution in [0.3, 0.4) is 0 Å². The Bertz CT molecular complexity index is 1200. The van der Waals surface area contributed by atoms with Crippen molar-refractivity contribution in [2.75, 3.05) is 13.2 Å². The molecule has 33 heavy (non-hydrogen) atoms. The number of rotatable bonds is 7. The molecule has 4 rings (SSSR count). The van der Waals surface area contributed by atoms with Gasteiger partial charge in [-0.15, -0.1) is 0 Å². The summed E-state index contributed by atoms with van der Waals surface area (Å²) in [7, 11) is 1.74. The van der Waals surface area contributed by atoms with Crippen LogP contribution in [0.15, 0.2) is 35.3 Å². The molecule has 0 bridgehead atoms. The van der Waals surface area contributed by atoms with Crippen LogP contribution in [0.5, 0.6) is 0 Å². The minimum Gasteiger partial charge on any atom is -0.480 e. The lowest BCUT2D eigenvalue weighted by Crippen LogP contribution is -2.44. The van der Waals surface area contributed by atoms with E-state index in [0.717, 1.165) is 40.8 Å². The first kappa shape index (κ1) is 23.2. The van der Waals surface area contributed by atoms with E-state index in [1.165, 1.54) is 6.92 Å². The third-order valence-corrected chi connectivity index (χ3v) is 6.21. The molecule has 3 N–H and O–H groups in total. The number of carboxylic acids is 1. The molecule has 9 heteroatoms. The number of hydrogen-bond acceptors (Lipinski definition) is 6. The lowest BCUT2D eigenvalue weighted by atomic mass is 10.1. The number of hydrogen-bond donors (Lipinski definition) is 3. The molecule has 0 aliphatic carbocycles. The molecular weight excluding hydrogens is 424 g/mol. The molecule has 3 heterocycles. The maximum atomic E-state index is 12.2. The lowest BCUT2D eigenvalue weighted by molar-refractivity contribution is -0.142. The SMILES string of the molecule is Cc1cc(-c2nc3ccc(CN[C@H](C(=O)O)C(C)O)cc3n2C2CCOCC2)cn(C)c1=O. The van der Waals surface area contributed by atoms with Crippen molar-refractivity contribution in [1.29, 1.82) is 0 Å². The summed E-state index contributed by atoms with van der Waals surface area (Å²) >= 11 is 0. The van der Waals surface area contributed by atoms with Gasteiger partial charge in [0.25, 0.3) is 5.56 Å². The third-order valence-electron chi connectivity index (χ3n) is 6.21.